The molecular weight excluding hydrogens is 392 g/mol. The van der Waals surface area contributed by atoms with Crippen molar-refractivity contribution in [2.24, 2.45) is 0 Å². The lowest BCUT2D eigenvalue weighted by atomic mass is 10.1. The van der Waals surface area contributed by atoms with E-state index in [0.29, 0.717) is 16.6 Å². The normalized spacial score (nSPS) is 12.8. The first-order chi connectivity index (χ1) is 14.0. The van der Waals surface area contributed by atoms with Crippen molar-refractivity contribution in [2.75, 3.05) is 17.3 Å². The number of benzene rings is 2. The Morgan fingerprint density at radius 1 is 1.07 bits per heavy atom. The number of carbonyl (C=O) groups excluding carboxylic acids is 3. The summed E-state index contributed by atoms with van der Waals surface area (Å²) >= 11 is 1.29. The number of carbonyl (C=O) groups is 3. The fourth-order valence-electron chi connectivity index (χ4n) is 2.96. The average Bonchev–Trinajstić information content (AvgIpc) is 3.30. The van der Waals surface area contributed by atoms with Crippen molar-refractivity contribution in [3.05, 3.63) is 64.2 Å². The molecule has 1 N–H and O–H groups in total. The van der Waals surface area contributed by atoms with Gasteiger partial charge in [-0.25, -0.2) is 4.90 Å². The predicted octanol–water partition coefficient (Wildman–Crippen LogP) is 3.16. The van der Waals surface area contributed by atoms with Crippen LogP contribution in [-0.2, 0) is 6.42 Å². The Morgan fingerprint density at radius 3 is 2.45 bits per heavy atom. The lowest BCUT2D eigenvalue weighted by Crippen LogP contribution is -2.29. The summed E-state index contributed by atoms with van der Waals surface area (Å²) in [4.78, 5) is 39.2. The molecule has 0 saturated heterocycles. The van der Waals surface area contributed by atoms with Crippen molar-refractivity contribution in [3.63, 3.8) is 0 Å². The fraction of sp³-hybridized carbons (Fsp3) is 0.150. The van der Waals surface area contributed by atoms with Gasteiger partial charge < -0.3 is 4.74 Å². The molecule has 0 saturated carbocycles. The summed E-state index contributed by atoms with van der Waals surface area (Å²) in [7, 11) is 1.54. The number of aromatic nitrogens is 2. The Kier molecular flexibility index (Phi) is 4.81. The maximum atomic E-state index is 12.9. The predicted molar refractivity (Wildman–Crippen MR) is 108 cm³/mol. The van der Waals surface area contributed by atoms with E-state index in [2.05, 4.69) is 15.5 Å². The third-order valence-electron chi connectivity index (χ3n) is 4.47. The molecule has 146 valence electrons. The molecule has 0 spiro atoms. The highest BCUT2D eigenvalue weighted by Crippen LogP contribution is 2.30. The van der Waals surface area contributed by atoms with Gasteiger partial charge in [0.1, 0.15) is 10.8 Å². The first-order valence-corrected chi connectivity index (χ1v) is 9.64. The van der Waals surface area contributed by atoms with Crippen molar-refractivity contribution in [1.82, 2.24) is 10.2 Å². The molecule has 2 heterocycles. The third kappa shape index (κ3) is 3.36. The van der Waals surface area contributed by atoms with Crippen LogP contribution in [0.2, 0.25) is 0 Å². The van der Waals surface area contributed by atoms with Gasteiger partial charge >= 0.3 is 0 Å². The number of hydrogen-bond donors (Lipinski definition) is 1. The summed E-state index contributed by atoms with van der Waals surface area (Å²) in [6.45, 7) is 1.95. The molecular formula is C20H16N4O4S. The van der Waals surface area contributed by atoms with Crippen LogP contribution in [0.25, 0.3) is 0 Å². The number of fused-ring (bicyclic) bond motifs is 1. The molecule has 0 bridgehead atoms. The van der Waals surface area contributed by atoms with Gasteiger partial charge in [-0.2, -0.15) is 0 Å². The Morgan fingerprint density at radius 2 is 1.79 bits per heavy atom. The van der Waals surface area contributed by atoms with Crippen molar-refractivity contribution in [3.8, 4) is 5.75 Å². The molecule has 9 heteroatoms. The summed E-state index contributed by atoms with van der Waals surface area (Å²) < 4.78 is 5.11. The van der Waals surface area contributed by atoms with Gasteiger partial charge in [0.25, 0.3) is 17.7 Å². The zero-order chi connectivity index (χ0) is 20.5. The molecule has 8 nitrogen and oxygen atoms in total. The van der Waals surface area contributed by atoms with E-state index in [1.807, 2.05) is 6.92 Å². The molecule has 3 amide bonds. The molecule has 0 atom stereocenters. The Bertz CT molecular complexity index is 1120. The molecule has 0 radical (unpaired) electrons. The minimum atomic E-state index is -0.478. The van der Waals surface area contributed by atoms with Gasteiger partial charge in [-0.1, -0.05) is 18.3 Å². The summed E-state index contributed by atoms with van der Waals surface area (Å²) in [5, 5.41) is 11.7. The Balaban J connectivity index is 1.59. The second-order valence-electron chi connectivity index (χ2n) is 6.21. The fourth-order valence-corrected chi connectivity index (χ4v) is 3.64. The third-order valence-corrected chi connectivity index (χ3v) is 5.45. The molecule has 4 rings (SSSR count). The second kappa shape index (κ2) is 7.44. The van der Waals surface area contributed by atoms with Gasteiger partial charge in [0, 0.05) is 5.56 Å². The van der Waals surface area contributed by atoms with Gasteiger partial charge in [0.2, 0.25) is 5.13 Å². The molecule has 0 aliphatic carbocycles. The van der Waals surface area contributed by atoms with Crippen LogP contribution in [0.15, 0.2) is 42.5 Å². The molecule has 1 aromatic heterocycles. The highest BCUT2D eigenvalue weighted by atomic mass is 32.1. The van der Waals surface area contributed by atoms with Crippen molar-refractivity contribution >= 4 is 39.9 Å². The number of hydrogen-bond acceptors (Lipinski definition) is 7. The van der Waals surface area contributed by atoms with Crippen LogP contribution < -0.4 is 15.0 Å². The number of imide groups is 1. The number of nitrogens with zero attached hydrogens (tertiary/aromatic N) is 3. The van der Waals surface area contributed by atoms with E-state index in [1.165, 1.54) is 36.6 Å². The number of methoxy groups -OCH3 is 1. The Hall–Kier alpha value is -3.59. The number of ether oxygens (including phenoxy) is 1. The summed E-state index contributed by atoms with van der Waals surface area (Å²) in [6.07, 6.45) is 0.726. The van der Waals surface area contributed by atoms with E-state index in [4.69, 9.17) is 4.74 Å². The average molecular weight is 408 g/mol. The van der Waals surface area contributed by atoms with E-state index < -0.39 is 17.7 Å². The van der Waals surface area contributed by atoms with Crippen LogP contribution in [0.5, 0.6) is 5.75 Å². The van der Waals surface area contributed by atoms with Crippen molar-refractivity contribution in [1.29, 1.82) is 0 Å². The number of aryl methyl sites for hydroxylation is 1. The minimum Gasteiger partial charge on any atom is -0.497 e. The summed E-state index contributed by atoms with van der Waals surface area (Å²) in [5.41, 5.74) is 1.13. The Labute approximate surface area is 170 Å². The monoisotopic (exact) mass is 408 g/mol. The zero-order valence-corrected chi connectivity index (χ0v) is 16.4. The van der Waals surface area contributed by atoms with Crippen molar-refractivity contribution in [2.45, 2.75) is 13.3 Å². The highest BCUT2D eigenvalue weighted by molar-refractivity contribution is 7.15. The molecule has 3 aromatic rings. The van der Waals surface area contributed by atoms with E-state index in [1.54, 1.807) is 24.3 Å². The summed E-state index contributed by atoms with van der Waals surface area (Å²) in [5.74, 6) is -0.713. The lowest BCUT2D eigenvalue weighted by molar-refractivity contribution is 0.0925. The maximum Gasteiger partial charge on any atom is 0.266 e. The highest BCUT2D eigenvalue weighted by Gasteiger charge is 2.37. The standard InChI is InChI=1S/C20H16N4O4S/c1-3-16-22-23-20(29-16)21-17(25)11-4-9-14-15(10-11)19(27)24(18(14)26)12-5-7-13(28-2)8-6-12/h4-10H,3H2,1-2H3,(H,21,23,25). The quantitative estimate of drug-likeness (QED) is 0.651. The number of amides is 3. The van der Waals surface area contributed by atoms with Crippen LogP contribution >= 0.6 is 11.3 Å². The maximum absolute atomic E-state index is 12.9. The molecule has 0 fully saturated rings. The van der Waals surface area contributed by atoms with Crippen LogP contribution in [0, 0.1) is 0 Å². The van der Waals surface area contributed by atoms with Gasteiger partial charge in [-0.3, -0.25) is 19.7 Å². The number of anilines is 2. The van der Waals surface area contributed by atoms with Gasteiger partial charge in [-0.15, -0.1) is 10.2 Å². The van der Waals surface area contributed by atoms with Gasteiger partial charge in [0.15, 0.2) is 0 Å². The van der Waals surface area contributed by atoms with Crippen molar-refractivity contribution < 1.29 is 19.1 Å². The molecule has 0 unspecified atom stereocenters. The number of rotatable bonds is 5. The van der Waals surface area contributed by atoms with Crippen LogP contribution in [-0.4, -0.2) is 35.0 Å². The van der Waals surface area contributed by atoms with Gasteiger partial charge in [0.05, 0.1) is 23.9 Å². The zero-order valence-electron chi connectivity index (χ0n) is 15.6. The van der Waals surface area contributed by atoms with Gasteiger partial charge in [-0.05, 0) is 48.9 Å². The largest absolute Gasteiger partial charge is 0.497 e. The molecule has 1 aliphatic heterocycles. The first-order valence-electron chi connectivity index (χ1n) is 8.82. The minimum absolute atomic E-state index is 0.185. The molecule has 1 aliphatic rings. The number of nitrogens with one attached hydrogen (secondary N) is 1. The SMILES string of the molecule is CCc1nnc(NC(=O)c2ccc3c(c2)C(=O)N(c2ccc(OC)cc2)C3=O)s1. The molecule has 29 heavy (non-hydrogen) atoms. The first kappa shape index (κ1) is 18.8. The van der Waals surface area contributed by atoms with Crippen LogP contribution in [0.1, 0.15) is 43.0 Å². The van der Waals surface area contributed by atoms with E-state index >= 15 is 0 Å². The lowest BCUT2D eigenvalue weighted by Gasteiger charge is -2.14. The smallest absolute Gasteiger partial charge is 0.266 e. The van der Waals surface area contributed by atoms with Crippen LogP contribution in [0.4, 0.5) is 10.8 Å². The summed E-state index contributed by atoms with van der Waals surface area (Å²) in [6, 6.07) is 11.0. The molecule has 2 aromatic carbocycles. The van der Waals surface area contributed by atoms with E-state index in [9.17, 15) is 14.4 Å². The van der Waals surface area contributed by atoms with Crippen LogP contribution in [0.3, 0.4) is 0 Å². The van der Waals surface area contributed by atoms with E-state index in [-0.39, 0.29) is 16.7 Å². The second-order valence-corrected chi connectivity index (χ2v) is 7.27. The topological polar surface area (TPSA) is 101 Å². The van der Waals surface area contributed by atoms with E-state index in [0.717, 1.165) is 16.3 Å².